The Kier molecular flexibility index (Phi) is 8.11. The molecule has 0 radical (unpaired) electrons. The van der Waals surface area contributed by atoms with Gasteiger partial charge in [0.2, 0.25) is 0 Å². The maximum Gasteiger partial charge on any atom is 0.358 e. The monoisotopic (exact) mass is 385 g/mol. The van der Waals surface area contributed by atoms with Crippen molar-refractivity contribution < 1.29 is 24.2 Å². The highest BCUT2D eigenvalue weighted by Gasteiger charge is 2.49. The Labute approximate surface area is 156 Å². The normalized spacial score (nSPS) is 21.2. The average Bonchev–Trinajstić information content (AvgIpc) is 2.98. The van der Waals surface area contributed by atoms with Crippen molar-refractivity contribution in [3.05, 3.63) is 29.8 Å². The fourth-order valence-electron chi connectivity index (χ4n) is 3.25. The van der Waals surface area contributed by atoms with E-state index >= 15 is 0 Å². The molecule has 1 aliphatic heterocycles. The molecule has 6 nitrogen and oxygen atoms in total. The lowest BCUT2D eigenvalue weighted by Crippen LogP contribution is -2.32. The molecule has 3 N–H and O–H groups in total. The van der Waals surface area contributed by atoms with Crippen molar-refractivity contribution in [1.82, 2.24) is 4.90 Å². The summed E-state index contributed by atoms with van der Waals surface area (Å²) in [6, 6.07) is 7.78. The van der Waals surface area contributed by atoms with Crippen molar-refractivity contribution in [1.29, 1.82) is 0 Å². The fourth-order valence-corrected chi connectivity index (χ4v) is 4.02. The van der Waals surface area contributed by atoms with Crippen molar-refractivity contribution in [3.8, 4) is 5.75 Å². The SMILES string of the molecule is CCCCCCCCOc1ccc(CN2CCC(O)(P(=O)(O)O)C2)cc1. The van der Waals surface area contributed by atoms with Gasteiger partial charge in [0.15, 0.2) is 5.34 Å². The molecule has 0 bridgehead atoms. The molecular weight excluding hydrogens is 353 g/mol. The van der Waals surface area contributed by atoms with Gasteiger partial charge in [0.05, 0.1) is 6.61 Å². The highest BCUT2D eigenvalue weighted by atomic mass is 31.2. The maximum atomic E-state index is 11.4. The van der Waals surface area contributed by atoms with Crippen molar-refractivity contribution >= 4 is 7.60 Å². The summed E-state index contributed by atoms with van der Waals surface area (Å²) >= 11 is 0. The molecule has 0 spiro atoms. The lowest BCUT2D eigenvalue weighted by Gasteiger charge is -2.24. The smallest absolute Gasteiger partial charge is 0.358 e. The van der Waals surface area contributed by atoms with Crippen LogP contribution >= 0.6 is 7.60 Å². The van der Waals surface area contributed by atoms with Crippen LogP contribution in [0.1, 0.15) is 57.4 Å². The van der Waals surface area contributed by atoms with Gasteiger partial charge in [0, 0.05) is 26.1 Å². The summed E-state index contributed by atoms with van der Waals surface area (Å²) in [6.07, 6.45) is 7.52. The van der Waals surface area contributed by atoms with Gasteiger partial charge >= 0.3 is 7.60 Å². The van der Waals surface area contributed by atoms with Crippen LogP contribution in [0.15, 0.2) is 24.3 Å². The predicted molar refractivity (Wildman–Crippen MR) is 102 cm³/mol. The second-order valence-electron chi connectivity index (χ2n) is 7.25. The molecule has 0 aliphatic carbocycles. The summed E-state index contributed by atoms with van der Waals surface area (Å²) in [5.41, 5.74) is 1.03. The molecule has 1 aromatic carbocycles. The number of hydrogen-bond acceptors (Lipinski definition) is 4. The van der Waals surface area contributed by atoms with Gasteiger partial charge in [-0.05, 0) is 24.1 Å². The van der Waals surface area contributed by atoms with Crippen LogP contribution in [0.2, 0.25) is 0 Å². The molecule has 1 fully saturated rings. The van der Waals surface area contributed by atoms with Gasteiger partial charge in [0.1, 0.15) is 5.75 Å². The second kappa shape index (κ2) is 9.86. The number of rotatable bonds is 11. The van der Waals surface area contributed by atoms with Crippen molar-refractivity contribution in [2.45, 2.75) is 63.8 Å². The number of β-amino-alcohol motifs (C(OH)–C–C–N with tert-alkyl or cyclic N) is 1. The van der Waals surface area contributed by atoms with Gasteiger partial charge in [-0.25, -0.2) is 0 Å². The first kappa shape index (κ1) is 21.4. The molecule has 148 valence electrons. The molecule has 1 unspecified atom stereocenters. The van der Waals surface area contributed by atoms with E-state index in [1.54, 1.807) is 0 Å². The molecule has 1 atom stereocenters. The summed E-state index contributed by atoms with van der Waals surface area (Å²) in [7, 11) is -4.51. The van der Waals surface area contributed by atoms with E-state index in [4.69, 9.17) is 4.74 Å². The summed E-state index contributed by atoms with van der Waals surface area (Å²) in [5, 5.41) is 8.17. The Hall–Kier alpha value is -0.910. The molecule has 2 rings (SSSR count). The third-order valence-corrected chi connectivity index (χ3v) is 6.39. The molecule has 0 saturated carbocycles. The highest BCUT2D eigenvalue weighted by molar-refractivity contribution is 7.53. The molecule has 1 heterocycles. The Morgan fingerprint density at radius 2 is 1.77 bits per heavy atom. The van der Waals surface area contributed by atoms with Crippen LogP contribution in [-0.4, -0.2) is 44.8 Å². The fraction of sp³-hybridized carbons (Fsp3) is 0.684. The zero-order valence-electron chi connectivity index (χ0n) is 15.6. The number of nitrogens with zero attached hydrogens (tertiary/aromatic N) is 1. The third kappa shape index (κ3) is 6.36. The van der Waals surface area contributed by atoms with E-state index in [1.807, 2.05) is 29.2 Å². The average molecular weight is 385 g/mol. The quantitative estimate of drug-likeness (QED) is 0.399. The lowest BCUT2D eigenvalue weighted by molar-refractivity contribution is 0.0962. The summed E-state index contributed by atoms with van der Waals surface area (Å²) in [4.78, 5) is 20.4. The van der Waals surface area contributed by atoms with E-state index in [0.717, 1.165) is 24.3 Å². The van der Waals surface area contributed by atoms with Crippen molar-refractivity contribution in [2.75, 3.05) is 19.7 Å². The van der Waals surface area contributed by atoms with Crippen molar-refractivity contribution in [2.24, 2.45) is 0 Å². The minimum Gasteiger partial charge on any atom is -0.494 e. The molecule has 1 aliphatic rings. The minimum absolute atomic E-state index is 0.00639. The van der Waals surface area contributed by atoms with Crippen LogP contribution in [0, 0.1) is 0 Å². The van der Waals surface area contributed by atoms with Gasteiger partial charge in [0.25, 0.3) is 0 Å². The molecule has 1 saturated heterocycles. The first-order valence-corrected chi connectivity index (χ1v) is 11.2. The van der Waals surface area contributed by atoms with Crippen LogP contribution in [0.25, 0.3) is 0 Å². The third-order valence-electron chi connectivity index (χ3n) is 4.94. The van der Waals surface area contributed by atoms with Gasteiger partial charge in [-0.2, -0.15) is 0 Å². The minimum atomic E-state index is -4.51. The number of ether oxygens (including phenoxy) is 1. The lowest BCUT2D eigenvalue weighted by atomic mass is 10.1. The van der Waals surface area contributed by atoms with E-state index in [1.165, 1.54) is 32.1 Å². The Bertz CT molecular complexity index is 588. The van der Waals surface area contributed by atoms with Crippen molar-refractivity contribution in [3.63, 3.8) is 0 Å². The summed E-state index contributed by atoms with van der Waals surface area (Å²) in [6.45, 7) is 3.97. The Morgan fingerprint density at radius 1 is 1.12 bits per heavy atom. The molecule has 0 amide bonds. The molecular formula is C19H32NO5P. The van der Waals surface area contributed by atoms with E-state index in [9.17, 15) is 19.5 Å². The molecule has 7 heteroatoms. The zero-order valence-corrected chi connectivity index (χ0v) is 16.5. The van der Waals surface area contributed by atoms with E-state index in [2.05, 4.69) is 6.92 Å². The second-order valence-corrected chi connectivity index (χ2v) is 9.17. The van der Waals surface area contributed by atoms with Crippen LogP contribution < -0.4 is 4.74 Å². The molecule has 0 aromatic heterocycles. The largest absolute Gasteiger partial charge is 0.494 e. The number of hydrogen-bond donors (Lipinski definition) is 3. The summed E-state index contributed by atoms with van der Waals surface area (Å²) in [5.74, 6) is 0.843. The zero-order chi connectivity index (χ0) is 19.0. The number of benzene rings is 1. The molecule has 1 aromatic rings. The van der Waals surface area contributed by atoms with Gasteiger partial charge < -0.3 is 19.6 Å². The van der Waals surface area contributed by atoms with Gasteiger partial charge in [-0.1, -0.05) is 51.2 Å². The maximum absolute atomic E-state index is 11.4. The summed E-state index contributed by atoms with van der Waals surface area (Å²) < 4.78 is 17.2. The van der Waals surface area contributed by atoms with Gasteiger partial charge in [-0.3, -0.25) is 9.46 Å². The number of likely N-dealkylation sites (tertiary alicyclic amines) is 1. The first-order valence-electron chi connectivity index (χ1n) is 9.56. The number of unbranched alkanes of at least 4 members (excludes halogenated alkanes) is 5. The van der Waals surface area contributed by atoms with Gasteiger partial charge in [-0.15, -0.1) is 0 Å². The van der Waals surface area contributed by atoms with Crippen LogP contribution in [0.4, 0.5) is 0 Å². The van der Waals surface area contributed by atoms with Crippen LogP contribution in [0.3, 0.4) is 0 Å². The van der Waals surface area contributed by atoms with E-state index in [-0.39, 0.29) is 13.0 Å². The van der Waals surface area contributed by atoms with E-state index in [0.29, 0.717) is 13.1 Å². The standard InChI is InChI=1S/C19H32NO5P/c1-2-3-4-5-6-7-14-25-18-10-8-17(9-11-18)15-20-13-12-19(21,16-20)26(22,23)24/h8-11,21H,2-7,12-16H2,1H3,(H2,22,23,24). The highest BCUT2D eigenvalue weighted by Crippen LogP contribution is 2.53. The Morgan fingerprint density at radius 3 is 2.38 bits per heavy atom. The predicted octanol–water partition coefficient (Wildman–Crippen LogP) is 3.50. The van der Waals surface area contributed by atoms with Crippen LogP contribution in [-0.2, 0) is 11.1 Å². The number of aliphatic hydroxyl groups is 1. The topological polar surface area (TPSA) is 90.2 Å². The van der Waals surface area contributed by atoms with Crippen LogP contribution in [0.5, 0.6) is 5.75 Å². The van der Waals surface area contributed by atoms with E-state index < -0.39 is 12.9 Å². The Balaban J connectivity index is 1.70. The molecule has 26 heavy (non-hydrogen) atoms. The first-order chi connectivity index (χ1) is 12.3.